The number of nitriles is 1. The van der Waals surface area contributed by atoms with Crippen LogP contribution in [0.1, 0.15) is 11.1 Å². The number of phenolic OH excluding ortho intramolecular Hbond substituents is 1. The molecule has 90 valence electrons. The average molecular weight is 259 g/mol. The predicted octanol–water partition coefficient (Wildman–Crippen LogP) is 3.70. The fraction of sp³-hybridized carbons (Fsp3) is 0.0714. The number of halogens is 1. The first-order valence-corrected chi connectivity index (χ1v) is 6.28. The number of nitrogens with zero attached hydrogens (tertiary/aromatic N) is 1. The Morgan fingerprint density at radius 1 is 1.22 bits per heavy atom. The van der Waals surface area contributed by atoms with Gasteiger partial charge in [-0.3, -0.25) is 0 Å². The second kappa shape index (κ2) is 5.56. The maximum Gasteiger partial charge on any atom is 0.123 e. The van der Waals surface area contributed by atoms with Gasteiger partial charge in [0.05, 0.1) is 11.6 Å². The normalized spacial score (nSPS) is 10.0. The molecule has 18 heavy (non-hydrogen) atoms. The van der Waals surface area contributed by atoms with Crippen molar-refractivity contribution in [2.45, 2.75) is 10.6 Å². The van der Waals surface area contributed by atoms with E-state index >= 15 is 0 Å². The van der Waals surface area contributed by atoms with Gasteiger partial charge >= 0.3 is 0 Å². The topological polar surface area (TPSA) is 44.0 Å². The van der Waals surface area contributed by atoms with Gasteiger partial charge in [0, 0.05) is 10.6 Å². The Morgan fingerprint density at radius 2 is 2.06 bits per heavy atom. The van der Waals surface area contributed by atoms with Crippen molar-refractivity contribution >= 4 is 11.8 Å². The van der Waals surface area contributed by atoms with Crippen LogP contribution in [0.15, 0.2) is 47.4 Å². The van der Waals surface area contributed by atoms with Crippen LogP contribution in [0.4, 0.5) is 4.39 Å². The lowest BCUT2D eigenvalue weighted by molar-refractivity contribution is 0.474. The van der Waals surface area contributed by atoms with Gasteiger partial charge < -0.3 is 5.11 Å². The molecule has 0 fully saturated rings. The Bertz CT molecular complexity index is 607. The van der Waals surface area contributed by atoms with Crippen molar-refractivity contribution < 1.29 is 9.50 Å². The van der Waals surface area contributed by atoms with Gasteiger partial charge in [0.15, 0.2) is 0 Å². The van der Waals surface area contributed by atoms with Crippen molar-refractivity contribution in [3.63, 3.8) is 0 Å². The van der Waals surface area contributed by atoms with Crippen LogP contribution >= 0.6 is 11.8 Å². The van der Waals surface area contributed by atoms with Crippen LogP contribution < -0.4 is 0 Å². The summed E-state index contributed by atoms with van der Waals surface area (Å²) >= 11 is 1.45. The summed E-state index contributed by atoms with van der Waals surface area (Å²) in [5.74, 6) is 0.338. The molecule has 0 atom stereocenters. The number of phenols is 1. The van der Waals surface area contributed by atoms with E-state index in [2.05, 4.69) is 0 Å². The summed E-state index contributed by atoms with van der Waals surface area (Å²) in [7, 11) is 0. The highest BCUT2D eigenvalue weighted by Gasteiger charge is 2.05. The van der Waals surface area contributed by atoms with E-state index < -0.39 is 0 Å². The summed E-state index contributed by atoms with van der Waals surface area (Å²) in [4.78, 5) is 0.878. The Kier molecular flexibility index (Phi) is 3.85. The van der Waals surface area contributed by atoms with E-state index in [-0.39, 0.29) is 11.6 Å². The van der Waals surface area contributed by atoms with E-state index in [1.165, 1.54) is 30.0 Å². The first kappa shape index (κ1) is 12.5. The SMILES string of the molecule is N#Cc1ccc(F)cc1CSc1cccc(O)c1. The third-order valence-corrected chi connectivity index (χ3v) is 3.44. The van der Waals surface area contributed by atoms with E-state index in [4.69, 9.17) is 5.26 Å². The zero-order valence-corrected chi connectivity index (χ0v) is 10.2. The molecule has 0 radical (unpaired) electrons. The molecule has 4 heteroatoms. The van der Waals surface area contributed by atoms with Crippen molar-refractivity contribution in [1.29, 1.82) is 5.26 Å². The van der Waals surface area contributed by atoms with Gasteiger partial charge in [-0.2, -0.15) is 5.26 Å². The number of benzene rings is 2. The lowest BCUT2D eigenvalue weighted by Crippen LogP contribution is -1.89. The monoisotopic (exact) mass is 259 g/mol. The summed E-state index contributed by atoms with van der Waals surface area (Å²) in [5, 5.41) is 18.3. The fourth-order valence-electron chi connectivity index (χ4n) is 1.53. The van der Waals surface area contributed by atoms with Gasteiger partial charge in [-0.25, -0.2) is 4.39 Å². The Balaban J connectivity index is 2.15. The molecule has 0 amide bonds. The zero-order valence-electron chi connectivity index (χ0n) is 9.43. The molecule has 0 saturated heterocycles. The molecule has 0 bridgehead atoms. The first-order chi connectivity index (χ1) is 8.69. The largest absolute Gasteiger partial charge is 0.508 e. The van der Waals surface area contributed by atoms with Crippen molar-refractivity contribution in [2.24, 2.45) is 0 Å². The summed E-state index contributed by atoms with van der Waals surface area (Å²) < 4.78 is 13.1. The third-order valence-electron chi connectivity index (χ3n) is 2.40. The number of thioether (sulfide) groups is 1. The molecule has 0 spiro atoms. The number of rotatable bonds is 3. The van der Waals surface area contributed by atoms with Crippen LogP contribution in [0.25, 0.3) is 0 Å². The van der Waals surface area contributed by atoms with Crippen LogP contribution in [0.2, 0.25) is 0 Å². The van der Waals surface area contributed by atoms with Crippen molar-refractivity contribution in [3.05, 3.63) is 59.4 Å². The number of hydrogen-bond acceptors (Lipinski definition) is 3. The highest BCUT2D eigenvalue weighted by atomic mass is 32.2. The van der Waals surface area contributed by atoms with E-state index in [1.54, 1.807) is 18.2 Å². The van der Waals surface area contributed by atoms with Crippen molar-refractivity contribution in [2.75, 3.05) is 0 Å². The number of hydrogen-bond donors (Lipinski definition) is 1. The molecule has 2 rings (SSSR count). The quantitative estimate of drug-likeness (QED) is 0.855. The lowest BCUT2D eigenvalue weighted by Gasteiger charge is -2.04. The van der Waals surface area contributed by atoms with Crippen LogP contribution in [0, 0.1) is 17.1 Å². The van der Waals surface area contributed by atoms with E-state index in [9.17, 15) is 9.50 Å². The van der Waals surface area contributed by atoms with Crippen molar-refractivity contribution in [3.8, 4) is 11.8 Å². The minimum absolute atomic E-state index is 0.194. The Hall–Kier alpha value is -1.99. The van der Waals surface area contributed by atoms with Gasteiger partial charge in [-0.05, 0) is 42.0 Å². The molecule has 0 heterocycles. The number of aromatic hydroxyl groups is 1. The summed E-state index contributed by atoms with van der Waals surface area (Å²) in [6.45, 7) is 0. The van der Waals surface area contributed by atoms with E-state index in [0.29, 0.717) is 16.9 Å². The highest BCUT2D eigenvalue weighted by Crippen LogP contribution is 2.27. The van der Waals surface area contributed by atoms with Gasteiger partial charge in [0.25, 0.3) is 0 Å². The second-order valence-corrected chi connectivity index (χ2v) is 4.75. The molecule has 2 aromatic rings. The van der Waals surface area contributed by atoms with Gasteiger partial charge in [0.2, 0.25) is 0 Å². The first-order valence-electron chi connectivity index (χ1n) is 5.29. The molecule has 0 aliphatic heterocycles. The smallest absolute Gasteiger partial charge is 0.123 e. The Morgan fingerprint density at radius 3 is 2.78 bits per heavy atom. The molecule has 0 aliphatic rings. The molecule has 0 aliphatic carbocycles. The molecule has 0 aromatic heterocycles. The van der Waals surface area contributed by atoms with Gasteiger partial charge in [-0.15, -0.1) is 11.8 Å². The maximum absolute atomic E-state index is 13.1. The molecular formula is C14H10FNOS. The minimum atomic E-state index is -0.347. The molecule has 0 unspecified atom stereocenters. The van der Waals surface area contributed by atoms with Crippen LogP contribution in [-0.2, 0) is 5.75 Å². The van der Waals surface area contributed by atoms with Crippen LogP contribution in [-0.4, -0.2) is 5.11 Å². The summed E-state index contributed by atoms with van der Waals surface area (Å²) in [6.07, 6.45) is 0. The molecule has 2 aromatic carbocycles. The summed E-state index contributed by atoms with van der Waals surface area (Å²) in [6, 6.07) is 13.0. The molecule has 2 nitrogen and oxygen atoms in total. The van der Waals surface area contributed by atoms with E-state index in [0.717, 1.165) is 4.90 Å². The van der Waals surface area contributed by atoms with E-state index in [1.807, 2.05) is 12.1 Å². The maximum atomic E-state index is 13.1. The second-order valence-electron chi connectivity index (χ2n) is 3.70. The van der Waals surface area contributed by atoms with Gasteiger partial charge in [-0.1, -0.05) is 6.07 Å². The van der Waals surface area contributed by atoms with Crippen LogP contribution in [0.5, 0.6) is 5.75 Å². The molecule has 0 saturated carbocycles. The molecule has 1 N–H and O–H groups in total. The van der Waals surface area contributed by atoms with Gasteiger partial charge in [0.1, 0.15) is 11.6 Å². The third kappa shape index (κ3) is 3.02. The minimum Gasteiger partial charge on any atom is -0.508 e. The highest BCUT2D eigenvalue weighted by molar-refractivity contribution is 7.98. The average Bonchev–Trinajstić information content (AvgIpc) is 2.37. The lowest BCUT2D eigenvalue weighted by atomic mass is 10.1. The van der Waals surface area contributed by atoms with Crippen molar-refractivity contribution in [1.82, 2.24) is 0 Å². The summed E-state index contributed by atoms with van der Waals surface area (Å²) in [5.41, 5.74) is 1.13. The fourth-order valence-corrected chi connectivity index (χ4v) is 2.47. The Labute approximate surface area is 109 Å². The predicted molar refractivity (Wildman–Crippen MR) is 68.8 cm³/mol. The zero-order chi connectivity index (χ0) is 13.0. The molecular weight excluding hydrogens is 249 g/mol. The van der Waals surface area contributed by atoms with Crippen LogP contribution in [0.3, 0.4) is 0 Å². The standard InChI is InChI=1S/C14H10FNOS/c15-12-5-4-10(8-16)11(6-12)9-18-14-3-1-2-13(17)7-14/h1-7,17H,9H2.